The van der Waals surface area contributed by atoms with Gasteiger partial charge in [0.2, 0.25) is 21.8 Å². The lowest BCUT2D eigenvalue weighted by molar-refractivity contribution is -0.151. The summed E-state index contributed by atoms with van der Waals surface area (Å²) in [6.45, 7) is 9.74. The van der Waals surface area contributed by atoms with Crippen LogP contribution in [0.2, 0.25) is 0 Å². The van der Waals surface area contributed by atoms with Gasteiger partial charge >= 0.3 is 5.97 Å². The third kappa shape index (κ3) is 7.61. The van der Waals surface area contributed by atoms with Gasteiger partial charge in [-0.05, 0) is 49.1 Å². The first-order valence-electron chi connectivity index (χ1n) is 15.9. The molecule has 47 heavy (non-hydrogen) atoms. The quantitative estimate of drug-likeness (QED) is 0.231. The molecule has 1 aliphatic heterocycles. The predicted octanol–water partition coefficient (Wildman–Crippen LogP) is 3.92. The number of esters is 1. The summed E-state index contributed by atoms with van der Waals surface area (Å²) in [5.41, 5.74) is -0.424. The van der Waals surface area contributed by atoms with Crippen LogP contribution in [0.25, 0.3) is 11.3 Å². The Kier molecular flexibility index (Phi) is 9.68. The number of hydrogen-bond donors (Lipinski definition) is 1. The highest BCUT2D eigenvalue weighted by Gasteiger charge is 2.61. The van der Waals surface area contributed by atoms with Crippen LogP contribution in [-0.2, 0) is 33.9 Å². The first-order chi connectivity index (χ1) is 22.2. The average molecular weight is 670 g/mol. The van der Waals surface area contributed by atoms with Crippen molar-refractivity contribution in [2.24, 2.45) is 28.6 Å². The number of sulfonamides is 1. The lowest BCUT2D eigenvalue weighted by Gasteiger charge is -2.35. The molecule has 2 aliphatic carbocycles. The van der Waals surface area contributed by atoms with E-state index in [-0.39, 0.29) is 62.4 Å². The van der Waals surface area contributed by atoms with Crippen molar-refractivity contribution in [2.45, 2.75) is 70.6 Å². The summed E-state index contributed by atoms with van der Waals surface area (Å²) >= 11 is 0. The van der Waals surface area contributed by atoms with Crippen molar-refractivity contribution in [1.29, 1.82) is 0 Å². The largest absolute Gasteiger partial charge is 0.493 e. The van der Waals surface area contributed by atoms with Crippen LogP contribution in [0.5, 0.6) is 5.75 Å². The second-order valence-corrected chi connectivity index (χ2v) is 16.0. The van der Waals surface area contributed by atoms with E-state index in [1.54, 1.807) is 43.0 Å². The maximum absolute atomic E-state index is 14.2. The lowest BCUT2D eigenvalue weighted by atomic mass is 9.77. The van der Waals surface area contributed by atoms with Crippen LogP contribution in [0, 0.1) is 28.6 Å². The summed E-state index contributed by atoms with van der Waals surface area (Å²) in [7, 11) is -2.56. The van der Waals surface area contributed by atoms with E-state index >= 15 is 0 Å². The fraction of sp³-hybridized carbons (Fsp3) is 0.559. The Labute approximate surface area is 275 Å². The van der Waals surface area contributed by atoms with E-state index in [9.17, 15) is 27.6 Å². The number of furan rings is 1. The molecule has 0 radical (unpaired) electrons. The lowest BCUT2D eigenvalue weighted by Crippen LogP contribution is -2.48. The smallest absolute Gasteiger partial charge is 0.306 e. The minimum absolute atomic E-state index is 0.158. The van der Waals surface area contributed by atoms with E-state index < -0.39 is 49.9 Å². The molecule has 1 N–H and O–H groups in total. The van der Waals surface area contributed by atoms with E-state index in [4.69, 9.17) is 13.9 Å². The molecule has 254 valence electrons. The Bertz CT molecular complexity index is 1630. The topological polar surface area (TPSA) is 162 Å². The molecule has 0 bridgehead atoms. The van der Waals surface area contributed by atoms with Crippen LogP contribution >= 0.6 is 0 Å². The number of carbonyl (C=O) groups excluding carboxylic acids is 4. The zero-order valence-corrected chi connectivity index (χ0v) is 28.1. The highest BCUT2D eigenvalue weighted by Crippen LogP contribution is 2.57. The summed E-state index contributed by atoms with van der Waals surface area (Å²) in [5, 5.41) is -0.593. The van der Waals surface area contributed by atoms with Gasteiger partial charge in [-0.2, -0.15) is 0 Å². The fourth-order valence-electron chi connectivity index (χ4n) is 6.40. The van der Waals surface area contributed by atoms with Gasteiger partial charge in [0.1, 0.15) is 5.75 Å². The summed E-state index contributed by atoms with van der Waals surface area (Å²) in [6, 6.07) is 4.39. The van der Waals surface area contributed by atoms with Gasteiger partial charge in [0, 0.05) is 36.7 Å². The molecule has 2 saturated carbocycles. The number of ketones is 1. The Hall–Kier alpha value is -4.00. The molecule has 5 atom stereocenters. The third-order valence-corrected chi connectivity index (χ3v) is 11.4. The molecular weight excluding hydrogens is 626 g/mol. The number of allylic oxidation sites excluding steroid dienone is 1. The number of Topliss-reactive ketones (excluding diaryl/α,β-unsaturated/α-hetero) is 1. The van der Waals surface area contributed by atoms with Gasteiger partial charge in [0.15, 0.2) is 5.78 Å². The summed E-state index contributed by atoms with van der Waals surface area (Å²) < 4.78 is 43.6. The Balaban J connectivity index is 1.36. The van der Waals surface area contributed by atoms with Gasteiger partial charge in [-0.25, -0.2) is 8.42 Å². The summed E-state index contributed by atoms with van der Waals surface area (Å²) in [5.74, 6) is -2.78. The van der Waals surface area contributed by atoms with E-state index in [0.717, 1.165) is 5.56 Å². The second kappa shape index (κ2) is 13.2. The van der Waals surface area contributed by atoms with E-state index in [0.29, 0.717) is 24.3 Å². The zero-order valence-electron chi connectivity index (χ0n) is 27.3. The molecule has 2 aromatic rings. The van der Waals surface area contributed by atoms with Crippen molar-refractivity contribution in [3.05, 3.63) is 49.6 Å². The molecular formula is C34H43N3O9S. The number of rotatable bonds is 14. The second-order valence-electron chi connectivity index (χ2n) is 14.0. The number of hydrogen-bond acceptors (Lipinski definition) is 10. The van der Waals surface area contributed by atoms with Gasteiger partial charge in [-0.1, -0.05) is 26.8 Å². The van der Waals surface area contributed by atoms with Crippen LogP contribution in [0.15, 0.2) is 54.0 Å². The number of aromatic nitrogens is 1. The Morgan fingerprint density at radius 2 is 1.98 bits per heavy atom. The van der Waals surface area contributed by atoms with Crippen LogP contribution in [0.3, 0.4) is 0 Å². The minimum atomic E-state index is -3.82. The molecule has 2 amide bonds. The highest BCUT2D eigenvalue weighted by atomic mass is 32.2. The predicted molar refractivity (Wildman–Crippen MR) is 171 cm³/mol. The first-order valence-corrected chi connectivity index (χ1v) is 17.4. The van der Waals surface area contributed by atoms with Gasteiger partial charge < -0.3 is 18.8 Å². The molecule has 3 heterocycles. The molecule has 3 aliphatic rings. The van der Waals surface area contributed by atoms with Crippen LogP contribution in [0.1, 0.15) is 59.3 Å². The Morgan fingerprint density at radius 3 is 2.57 bits per heavy atom. The number of carbonyl (C=O) groups is 4. The van der Waals surface area contributed by atoms with Gasteiger partial charge in [0.05, 0.1) is 61.0 Å². The van der Waals surface area contributed by atoms with Crippen molar-refractivity contribution < 1.29 is 41.5 Å². The van der Waals surface area contributed by atoms with Gasteiger partial charge in [-0.3, -0.25) is 28.9 Å². The standard InChI is InChI=1S/C34H43N3O9S/c1-6-23-16-34(23,32(41)36-47(42,43)25-7-8-25)17-29(38)28-13-21(18-37(28)31(40)26(33(2,3)4)15-30(39)44-5)19-46-24-9-11-35-27(14-24)22-10-12-45-20-22/h6,9-12,14,20-21,23,25-26,28H,1,7-8,13,15-19H2,2-5H3,(H,36,41)/t21-,23?,26-,28+,34-/m1/s1. The van der Waals surface area contributed by atoms with Crippen LogP contribution in [0.4, 0.5) is 0 Å². The average Bonchev–Trinajstić information content (AvgIpc) is 3.89. The number of likely N-dealkylation sites (tertiary alicyclic amines) is 1. The number of amides is 2. The number of nitrogens with one attached hydrogen (secondary N) is 1. The van der Waals surface area contributed by atoms with Gasteiger partial charge in [-0.15, -0.1) is 6.58 Å². The number of ether oxygens (including phenoxy) is 2. The maximum atomic E-state index is 14.2. The van der Waals surface area contributed by atoms with Crippen molar-refractivity contribution in [3.63, 3.8) is 0 Å². The zero-order chi connectivity index (χ0) is 34.1. The molecule has 2 aromatic heterocycles. The number of pyridine rings is 1. The number of methoxy groups -OCH3 is 1. The normalized spacial score (nSPS) is 24.7. The molecule has 5 rings (SSSR count). The summed E-state index contributed by atoms with van der Waals surface area (Å²) in [4.78, 5) is 59.9. The highest BCUT2D eigenvalue weighted by molar-refractivity contribution is 7.90. The third-order valence-electron chi connectivity index (χ3n) is 9.58. The summed E-state index contributed by atoms with van der Waals surface area (Å²) in [6.07, 6.45) is 7.47. The molecule has 1 unspecified atom stereocenters. The van der Waals surface area contributed by atoms with E-state index in [2.05, 4.69) is 16.3 Å². The van der Waals surface area contributed by atoms with E-state index in [1.165, 1.54) is 12.0 Å². The minimum Gasteiger partial charge on any atom is -0.493 e. The Morgan fingerprint density at radius 1 is 1.23 bits per heavy atom. The molecule has 13 heteroatoms. The molecule has 12 nitrogen and oxygen atoms in total. The SMILES string of the molecule is C=CC1C[C@]1(CC(=O)[C@@H]1C[C@@H](COc2ccnc(-c3ccoc3)c2)CN1C(=O)[C@@H](CC(=O)OC)C(C)(C)C)C(=O)NS(=O)(=O)C1CC1. The molecule has 0 aromatic carbocycles. The fourth-order valence-corrected chi connectivity index (χ4v) is 7.78. The van der Waals surface area contributed by atoms with Crippen molar-refractivity contribution in [3.8, 4) is 17.0 Å². The first kappa shape index (κ1) is 34.3. The van der Waals surface area contributed by atoms with E-state index in [1.807, 2.05) is 20.8 Å². The van der Waals surface area contributed by atoms with Crippen molar-refractivity contribution in [1.82, 2.24) is 14.6 Å². The molecule has 1 saturated heterocycles. The van der Waals surface area contributed by atoms with Crippen molar-refractivity contribution >= 4 is 33.6 Å². The van der Waals surface area contributed by atoms with Crippen LogP contribution in [-0.4, -0.2) is 73.4 Å². The molecule has 0 spiro atoms. The monoisotopic (exact) mass is 669 g/mol. The van der Waals surface area contributed by atoms with Gasteiger partial charge in [0.25, 0.3) is 0 Å². The molecule has 3 fully saturated rings. The number of nitrogens with zero attached hydrogens (tertiary/aromatic N) is 2. The van der Waals surface area contributed by atoms with Crippen molar-refractivity contribution in [2.75, 3.05) is 20.3 Å². The van der Waals surface area contributed by atoms with Crippen LogP contribution < -0.4 is 9.46 Å². The maximum Gasteiger partial charge on any atom is 0.306 e.